The predicted octanol–water partition coefficient (Wildman–Crippen LogP) is 2.38. The van der Waals surface area contributed by atoms with E-state index in [-0.39, 0.29) is 18.6 Å². The van der Waals surface area contributed by atoms with Gasteiger partial charge in [-0.15, -0.1) is 11.6 Å². The molecule has 0 N–H and O–H groups in total. The van der Waals surface area contributed by atoms with Gasteiger partial charge < -0.3 is 14.4 Å². The van der Waals surface area contributed by atoms with Crippen molar-refractivity contribution < 1.29 is 18.7 Å². The predicted molar refractivity (Wildman–Crippen MR) is 77.8 cm³/mol. The van der Waals surface area contributed by atoms with Gasteiger partial charge in [0, 0.05) is 17.9 Å². The first-order valence-corrected chi connectivity index (χ1v) is 7.35. The fourth-order valence-corrected chi connectivity index (χ4v) is 2.68. The molecule has 3 rings (SSSR count). The van der Waals surface area contributed by atoms with E-state index >= 15 is 0 Å². The van der Waals surface area contributed by atoms with Crippen molar-refractivity contribution in [1.29, 1.82) is 0 Å². The van der Waals surface area contributed by atoms with Gasteiger partial charge in [-0.2, -0.15) is 0 Å². The van der Waals surface area contributed by atoms with Crippen LogP contribution in [0.2, 0.25) is 0 Å². The van der Waals surface area contributed by atoms with Crippen molar-refractivity contribution in [3.63, 3.8) is 0 Å². The van der Waals surface area contributed by atoms with Crippen LogP contribution >= 0.6 is 11.6 Å². The second-order valence-electron chi connectivity index (χ2n) is 4.99. The van der Waals surface area contributed by atoms with Crippen molar-refractivity contribution in [3.8, 4) is 0 Å². The second-order valence-corrected chi connectivity index (χ2v) is 5.30. The van der Waals surface area contributed by atoms with E-state index in [1.165, 1.54) is 4.90 Å². The maximum absolute atomic E-state index is 13.9. The lowest BCUT2D eigenvalue weighted by atomic mass is 10.2. The summed E-state index contributed by atoms with van der Waals surface area (Å²) in [5.74, 6) is 0.262. The Labute approximate surface area is 127 Å². The molecular weight excluding hydrogens is 299 g/mol. The van der Waals surface area contributed by atoms with Gasteiger partial charge in [-0.25, -0.2) is 9.18 Å². The molecule has 1 amide bonds. The van der Waals surface area contributed by atoms with Crippen molar-refractivity contribution in [3.05, 3.63) is 24.3 Å². The molecule has 2 aliphatic rings. The summed E-state index contributed by atoms with van der Waals surface area (Å²) < 4.78 is 24.1. The number of hydrogen-bond donors (Lipinski definition) is 0. The number of hydrogen-bond acceptors (Lipinski definition) is 4. The van der Waals surface area contributed by atoms with Gasteiger partial charge in [0.25, 0.3) is 0 Å². The zero-order chi connectivity index (χ0) is 14.8. The van der Waals surface area contributed by atoms with Crippen molar-refractivity contribution >= 4 is 29.1 Å². The molecule has 7 heteroatoms. The minimum Gasteiger partial charge on any atom is -0.443 e. The Morgan fingerprint density at radius 3 is 2.90 bits per heavy atom. The highest BCUT2D eigenvalue weighted by Gasteiger charge is 2.32. The summed E-state index contributed by atoms with van der Waals surface area (Å²) in [5, 5.41) is 0. The molecule has 114 valence electrons. The Balaban J connectivity index is 1.81. The minimum atomic E-state index is -1.17. The quantitative estimate of drug-likeness (QED) is 0.634. The van der Waals surface area contributed by atoms with Gasteiger partial charge in [-0.1, -0.05) is 6.07 Å². The van der Waals surface area contributed by atoms with Crippen molar-refractivity contribution in [2.24, 2.45) is 0 Å². The highest BCUT2D eigenvalue weighted by molar-refractivity contribution is 6.18. The smallest absolute Gasteiger partial charge is 0.414 e. The molecule has 0 radical (unpaired) electrons. The van der Waals surface area contributed by atoms with Crippen molar-refractivity contribution in [1.82, 2.24) is 0 Å². The number of carbonyl (C=O) groups is 1. The Hall–Kier alpha value is -1.53. The lowest BCUT2D eigenvalue weighted by Crippen LogP contribution is -2.42. The number of halogens is 2. The Morgan fingerprint density at radius 1 is 1.38 bits per heavy atom. The van der Waals surface area contributed by atoms with Crippen LogP contribution in [0.5, 0.6) is 0 Å². The monoisotopic (exact) mass is 314 g/mol. The van der Waals surface area contributed by atoms with Crippen LogP contribution in [0.3, 0.4) is 0 Å². The lowest BCUT2D eigenvalue weighted by Gasteiger charge is -2.32. The van der Waals surface area contributed by atoms with Crippen LogP contribution < -0.4 is 9.80 Å². The molecule has 2 atom stereocenters. The maximum atomic E-state index is 13.9. The highest BCUT2D eigenvalue weighted by atomic mass is 35.5. The largest absolute Gasteiger partial charge is 0.443 e. The van der Waals surface area contributed by atoms with E-state index in [2.05, 4.69) is 0 Å². The molecule has 2 fully saturated rings. The molecule has 0 aliphatic carbocycles. The van der Waals surface area contributed by atoms with Crippen LogP contribution in [-0.4, -0.2) is 50.7 Å². The first-order valence-electron chi connectivity index (χ1n) is 6.81. The Morgan fingerprint density at radius 2 is 2.19 bits per heavy atom. The number of benzene rings is 1. The van der Waals surface area contributed by atoms with Gasteiger partial charge in [0.15, 0.2) is 6.30 Å². The number of carbonyl (C=O) groups excluding carboxylic acids is 1. The van der Waals surface area contributed by atoms with Crippen LogP contribution in [0, 0.1) is 0 Å². The fourth-order valence-electron chi connectivity index (χ4n) is 2.52. The summed E-state index contributed by atoms with van der Waals surface area (Å²) >= 11 is 5.72. The maximum Gasteiger partial charge on any atom is 0.414 e. The van der Waals surface area contributed by atoms with Crippen molar-refractivity contribution in [2.75, 3.05) is 42.0 Å². The van der Waals surface area contributed by atoms with Crippen LogP contribution in [0.15, 0.2) is 24.3 Å². The number of cyclic esters (lactones) is 1. The topological polar surface area (TPSA) is 42.0 Å². The molecule has 1 unspecified atom stereocenters. The van der Waals surface area contributed by atoms with Gasteiger partial charge in [0.05, 0.1) is 25.6 Å². The van der Waals surface area contributed by atoms with Gasteiger partial charge in [0.1, 0.15) is 6.10 Å². The summed E-state index contributed by atoms with van der Waals surface area (Å²) in [5.41, 5.74) is 1.41. The molecule has 2 heterocycles. The number of ether oxygens (including phenoxy) is 2. The molecule has 21 heavy (non-hydrogen) atoms. The van der Waals surface area contributed by atoms with Gasteiger partial charge >= 0.3 is 6.09 Å². The third-order valence-corrected chi connectivity index (χ3v) is 3.93. The zero-order valence-corrected chi connectivity index (χ0v) is 12.1. The summed E-state index contributed by atoms with van der Waals surface area (Å²) in [4.78, 5) is 15.0. The molecule has 0 saturated carbocycles. The van der Waals surface area contributed by atoms with E-state index in [0.29, 0.717) is 25.4 Å². The Bertz CT molecular complexity index is 531. The third-order valence-electron chi connectivity index (χ3n) is 3.59. The van der Waals surface area contributed by atoms with E-state index < -0.39 is 12.4 Å². The van der Waals surface area contributed by atoms with Crippen LogP contribution in [0.25, 0.3) is 0 Å². The highest BCUT2D eigenvalue weighted by Crippen LogP contribution is 2.28. The second kappa shape index (κ2) is 6.07. The average molecular weight is 315 g/mol. The van der Waals surface area contributed by atoms with E-state index in [1.807, 2.05) is 6.07 Å². The summed E-state index contributed by atoms with van der Waals surface area (Å²) in [6.45, 7) is 1.45. The Kier molecular flexibility index (Phi) is 4.17. The molecule has 1 aromatic rings. The molecule has 1 aromatic carbocycles. The molecule has 0 spiro atoms. The van der Waals surface area contributed by atoms with Gasteiger partial charge in [-0.05, 0) is 18.2 Å². The van der Waals surface area contributed by atoms with Crippen LogP contribution in [-0.2, 0) is 9.47 Å². The summed E-state index contributed by atoms with van der Waals surface area (Å²) in [6, 6.07) is 7.21. The average Bonchev–Trinajstić information content (AvgIpc) is 2.89. The third kappa shape index (κ3) is 2.91. The SMILES string of the molecule is O=C1O[C@@H](CCl)CN1c1cccc(N2CCOCC2F)c1. The molecule has 2 aliphatic heterocycles. The van der Waals surface area contributed by atoms with Crippen LogP contribution in [0.4, 0.5) is 20.6 Å². The van der Waals surface area contributed by atoms with Gasteiger partial charge in [-0.3, -0.25) is 4.90 Å². The van der Waals surface area contributed by atoms with Crippen LogP contribution in [0.1, 0.15) is 0 Å². The van der Waals surface area contributed by atoms with E-state index in [4.69, 9.17) is 21.1 Å². The number of morpholine rings is 1. The first-order chi connectivity index (χ1) is 10.2. The van der Waals surface area contributed by atoms with Crippen molar-refractivity contribution in [2.45, 2.75) is 12.4 Å². The minimum absolute atomic E-state index is 0.0598. The first kappa shape index (κ1) is 14.4. The molecular formula is C14H16ClFN2O3. The van der Waals surface area contributed by atoms with E-state index in [1.54, 1.807) is 23.1 Å². The van der Waals surface area contributed by atoms with Gasteiger partial charge in [0.2, 0.25) is 0 Å². The number of rotatable bonds is 3. The number of anilines is 2. The molecule has 0 aromatic heterocycles. The fraction of sp³-hybridized carbons (Fsp3) is 0.500. The lowest BCUT2D eigenvalue weighted by molar-refractivity contribution is 0.0497. The zero-order valence-electron chi connectivity index (χ0n) is 11.4. The molecule has 2 saturated heterocycles. The molecule has 0 bridgehead atoms. The normalized spacial score (nSPS) is 26.1. The standard InChI is InChI=1S/C14H16ClFN2O3/c15-7-12-8-18(14(19)21-12)11-3-1-2-10(6-11)17-4-5-20-9-13(17)16/h1-3,6,12-13H,4-5,7-9H2/t12-,13?/m0/s1. The van der Waals surface area contributed by atoms with E-state index in [9.17, 15) is 9.18 Å². The van der Waals surface area contributed by atoms with E-state index in [0.717, 1.165) is 5.69 Å². The number of amides is 1. The number of alkyl halides is 2. The summed E-state index contributed by atoms with van der Waals surface area (Å²) in [7, 11) is 0. The molecule has 5 nitrogen and oxygen atoms in total. The number of nitrogens with zero attached hydrogens (tertiary/aromatic N) is 2. The summed E-state index contributed by atoms with van der Waals surface area (Å²) in [6.07, 6.45) is -1.90.